The van der Waals surface area contributed by atoms with Gasteiger partial charge < -0.3 is 28.8 Å². The predicted molar refractivity (Wildman–Crippen MR) is 133 cm³/mol. The van der Waals surface area contributed by atoms with Gasteiger partial charge in [0.15, 0.2) is 5.79 Å². The number of aromatic nitrogens is 3. The van der Waals surface area contributed by atoms with E-state index in [-0.39, 0.29) is 17.7 Å². The standard InChI is InChI=1S/C24H40N4O4S/c1-8-9-10-29-16-28-12-17(20-21(28)22(27-15-26-20)32-23(2,3)4)11-25-18(14-33-7)19-13-30-24(5,6)31-19/h12,15,18-19,25H,8-11,13-14,16H2,1-7H3/t18-,19+/m1/s1. The van der Waals surface area contributed by atoms with E-state index in [1.54, 1.807) is 18.1 Å². The van der Waals surface area contributed by atoms with Gasteiger partial charge in [0.2, 0.25) is 5.88 Å². The van der Waals surface area contributed by atoms with Crippen LogP contribution >= 0.6 is 11.8 Å². The number of thioether (sulfide) groups is 1. The molecule has 3 rings (SSSR count). The zero-order valence-corrected chi connectivity index (χ0v) is 22.0. The molecule has 0 radical (unpaired) electrons. The highest BCUT2D eigenvalue weighted by Crippen LogP contribution is 2.30. The van der Waals surface area contributed by atoms with Gasteiger partial charge in [-0.3, -0.25) is 0 Å². The fourth-order valence-electron chi connectivity index (χ4n) is 3.81. The Morgan fingerprint density at radius 3 is 2.76 bits per heavy atom. The minimum atomic E-state index is -0.540. The van der Waals surface area contributed by atoms with Crippen molar-refractivity contribution in [3.8, 4) is 5.88 Å². The molecule has 0 aliphatic carbocycles. The highest BCUT2D eigenvalue weighted by atomic mass is 32.2. The summed E-state index contributed by atoms with van der Waals surface area (Å²) in [4.78, 5) is 9.06. The second-order valence-corrected chi connectivity index (χ2v) is 10.8. The lowest BCUT2D eigenvalue weighted by molar-refractivity contribution is -0.141. The zero-order chi connectivity index (χ0) is 24.1. The van der Waals surface area contributed by atoms with Crippen LogP contribution in [0.1, 0.15) is 59.9 Å². The quantitative estimate of drug-likeness (QED) is 0.449. The Morgan fingerprint density at radius 2 is 2.12 bits per heavy atom. The van der Waals surface area contributed by atoms with Gasteiger partial charge in [-0.15, -0.1) is 0 Å². The molecule has 0 unspecified atom stereocenters. The molecule has 2 aromatic rings. The maximum Gasteiger partial charge on any atom is 0.242 e. The second-order valence-electron chi connectivity index (χ2n) is 9.92. The molecule has 0 aromatic carbocycles. The number of unbranched alkanes of at least 4 members (excludes halogenated alkanes) is 1. The summed E-state index contributed by atoms with van der Waals surface area (Å²) in [5.74, 6) is 0.963. The molecule has 0 spiro atoms. The lowest BCUT2D eigenvalue weighted by Gasteiger charge is -2.24. The van der Waals surface area contributed by atoms with Crippen molar-refractivity contribution >= 4 is 22.8 Å². The minimum Gasteiger partial charge on any atom is -0.470 e. The van der Waals surface area contributed by atoms with E-state index in [0.29, 0.717) is 25.8 Å². The van der Waals surface area contributed by atoms with E-state index in [1.807, 2.05) is 34.6 Å². The molecule has 1 fully saturated rings. The summed E-state index contributed by atoms with van der Waals surface area (Å²) in [6, 6.07) is 0.160. The van der Waals surface area contributed by atoms with E-state index in [0.717, 1.165) is 41.8 Å². The van der Waals surface area contributed by atoms with Crippen LogP contribution in [0.25, 0.3) is 11.0 Å². The van der Waals surface area contributed by atoms with E-state index in [4.69, 9.17) is 18.9 Å². The van der Waals surface area contributed by atoms with Crippen LogP contribution < -0.4 is 10.1 Å². The maximum absolute atomic E-state index is 6.18. The Labute approximate surface area is 202 Å². The second kappa shape index (κ2) is 11.4. The largest absolute Gasteiger partial charge is 0.470 e. The highest BCUT2D eigenvalue weighted by molar-refractivity contribution is 7.98. The molecule has 9 heteroatoms. The van der Waals surface area contributed by atoms with Gasteiger partial charge in [0.1, 0.15) is 35.8 Å². The van der Waals surface area contributed by atoms with Crippen LogP contribution in [0.4, 0.5) is 0 Å². The molecule has 8 nitrogen and oxygen atoms in total. The third-order valence-electron chi connectivity index (χ3n) is 5.35. The van der Waals surface area contributed by atoms with Crippen molar-refractivity contribution in [2.45, 2.75) is 91.2 Å². The fraction of sp³-hybridized carbons (Fsp3) is 0.750. The number of hydrogen-bond acceptors (Lipinski definition) is 8. The first kappa shape index (κ1) is 26.2. The molecule has 1 N–H and O–H groups in total. The smallest absolute Gasteiger partial charge is 0.242 e. The molecule has 0 bridgehead atoms. The van der Waals surface area contributed by atoms with Crippen molar-refractivity contribution in [2.75, 3.05) is 25.2 Å². The van der Waals surface area contributed by atoms with E-state index in [9.17, 15) is 0 Å². The minimum absolute atomic E-state index is 0.00703. The third-order valence-corrected chi connectivity index (χ3v) is 6.04. The molecule has 2 atom stereocenters. The van der Waals surface area contributed by atoms with Crippen molar-refractivity contribution in [3.05, 3.63) is 18.1 Å². The van der Waals surface area contributed by atoms with E-state index < -0.39 is 5.79 Å². The topological polar surface area (TPSA) is 79.7 Å². The summed E-state index contributed by atoms with van der Waals surface area (Å²) in [5, 5.41) is 3.69. The average molecular weight is 481 g/mol. The Bertz CT molecular complexity index is 896. The van der Waals surface area contributed by atoms with Crippen molar-refractivity contribution in [3.63, 3.8) is 0 Å². The van der Waals surface area contributed by atoms with Gasteiger partial charge in [-0.05, 0) is 47.3 Å². The summed E-state index contributed by atoms with van der Waals surface area (Å²) < 4.78 is 26.1. The molecule has 0 amide bonds. The zero-order valence-electron chi connectivity index (χ0n) is 21.1. The van der Waals surface area contributed by atoms with Crippen molar-refractivity contribution in [1.29, 1.82) is 0 Å². The van der Waals surface area contributed by atoms with Gasteiger partial charge in [-0.1, -0.05) is 13.3 Å². The van der Waals surface area contributed by atoms with Gasteiger partial charge in [-0.25, -0.2) is 4.98 Å². The number of fused-ring (bicyclic) bond motifs is 1. The molecule has 0 saturated carbocycles. The SMILES string of the molecule is CCCCOCn1cc(CN[C@H](CSC)[C@@H]2COC(C)(C)O2)c2ncnc(OC(C)(C)C)c21. The third kappa shape index (κ3) is 7.29. The average Bonchev–Trinajstić information content (AvgIpc) is 3.28. The molecule has 1 saturated heterocycles. The number of nitrogens with zero attached hydrogens (tertiary/aromatic N) is 3. The summed E-state index contributed by atoms with van der Waals surface area (Å²) in [6.07, 6.45) is 7.92. The summed E-state index contributed by atoms with van der Waals surface area (Å²) >= 11 is 1.80. The van der Waals surface area contributed by atoms with Crippen LogP contribution in [0, 0.1) is 0 Å². The molecular formula is C24H40N4O4S. The molecule has 1 aliphatic rings. The Balaban J connectivity index is 1.84. The summed E-state index contributed by atoms with van der Waals surface area (Å²) in [6.45, 7) is 14.5. The number of nitrogens with one attached hydrogen (secondary N) is 1. The van der Waals surface area contributed by atoms with Gasteiger partial charge in [-0.2, -0.15) is 16.7 Å². The van der Waals surface area contributed by atoms with E-state index >= 15 is 0 Å². The van der Waals surface area contributed by atoms with Crippen molar-refractivity contribution in [2.24, 2.45) is 0 Å². The van der Waals surface area contributed by atoms with Crippen LogP contribution in [0.2, 0.25) is 0 Å². The predicted octanol–water partition coefficient (Wildman–Crippen LogP) is 4.36. The lowest BCUT2D eigenvalue weighted by Crippen LogP contribution is -2.43. The molecule has 33 heavy (non-hydrogen) atoms. The number of rotatable bonds is 12. The van der Waals surface area contributed by atoms with Crippen molar-refractivity contribution in [1.82, 2.24) is 19.9 Å². The van der Waals surface area contributed by atoms with Crippen LogP contribution in [-0.2, 0) is 27.5 Å². The number of hydrogen-bond donors (Lipinski definition) is 1. The first-order valence-corrected chi connectivity index (χ1v) is 13.2. The van der Waals surface area contributed by atoms with E-state index in [2.05, 4.69) is 39.2 Å². The summed E-state index contributed by atoms with van der Waals surface area (Å²) in [5.41, 5.74) is 2.45. The van der Waals surface area contributed by atoms with Crippen LogP contribution in [0.3, 0.4) is 0 Å². The molecule has 186 valence electrons. The first-order chi connectivity index (χ1) is 15.6. The van der Waals surface area contributed by atoms with Crippen LogP contribution in [-0.4, -0.2) is 63.3 Å². The Morgan fingerprint density at radius 1 is 1.33 bits per heavy atom. The highest BCUT2D eigenvalue weighted by Gasteiger charge is 2.37. The monoisotopic (exact) mass is 480 g/mol. The van der Waals surface area contributed by atoms with Crippen molar-refractivity contribution < 1.29 is 18.9 Å². The molecule has 3 heterocycles. The maximum atomic E-state index is 6.18. The number of ether oxygens (including phenoxy) is 4. The molecule has 2 aromatic heterocycles. The van der Waals surface area contributed by atoms with Gasteiger partial charge in [0.25, 0.3) is 0 Å². The lowest BCUT2D eigenvalue weighted by atomic mass is 10.2. The molecular weight excluding hydrogens is 440 g/mol. The van der Waals surface area contributed by atoms with Gasteiger partial charge in [0.05, 0.1) is 6.61 Å². The Hall–Kier alpha value is -1.39. The Kier molecular flexibility index (Phi) is 9.02. The first-order valence-electron chi connectivity index (χ1n) is 11.8. The van der Waals surface area contributed by atoms with Gasteiger partial charge >= 0.3 is 0 Å². The van der Waals surface area contributed by atoms with Gasteiger partial charge in [0, 0.05) is 36.7 Å². The van der Waals surface area contributed by atoms with Crippen LogP contribution in [0.15, 0.2) is 12.5 Å². The van der Waals surface area contributed by atoms with Crippen LogP contribution in [0.5, 0.6) is 5.88 Å². The van der Waals surface area contributed by atoms with E-state index in [1.165, 1.54) is 0 Å². The molecule has 1 aliphatic heterocycles. The normalized spacial score (nSPS) is 19.3. The summed E-state index contributed by atoms with van der Waals surface area (Å²) in [7, 11) is 0. The fourth-order valence-corrected chi connectivity index (χ4v) is 4.50.